The summed E-state index contributed by atoms with van der Waals surface area (Å²) in [6.45, 7) is 8.02. The van der Waals surface area contributed by atoms with E-state index in [0.29, 0.717) is 49.3 Å². The number of allylic oxidation sites excluding steroid dienone is 1. The van der Waals surface area contributed by atoms with Crippen LogP contribution in [0.3, 0.4) is 0 Å². The first-order valence-electron chi connectivity index (χ1n) is 22.8. The predicted octanol–water partition coefficient (Wildman–Crippen LogP) is 6.70. The third-order valence-electron chi connectivity index (χ3n) is 12.6. The van der Waals surface area contributed by atoms with Crippen molar-refractivity contribution in [2.24, 2.45) is 5.92 Å². The van der Waals surface area contributed by atoms with Crippen LogP contribution in [0.25, 0.3) is 10.9 Å². The summed E-state index contributed by atoms with van der Waals surface area (Å²) in [5.74, 6) is -2.83. The van der Waals surface area contributed by atoms with E-state index in [9.17, 15) is 40.8 Å². The molecule has 2 saturated carbocycles. The lowest BCUT2D eigenvalue weighted by molar-refractivity contribution is -0.144. The fraction of sp³-hybridized carbons (Fsp3) is 0.574. The fourth-order valence-electron chi connectivity index (χ4n) is 8.51. The average Bonchev–Trinajstić information content (AvgIpc) is 4.16. The zero-order valence-corrected chi connectivity index (χ0v) is 39.2. The maximum Gasteiger partial charge on any atom is 0.437 e. The number of sulfonamides is 1. The number of hydrogen-bond acceptors (Lipinski definition) is 12. The number of fused-ring (bicyclic) bond motifs is 3. The molecule has 0 bridgehead atoms. The van der Waals surface area contributed by atoms with Crippen LogP contribution >= 0.6 is 0 Å². The number of alkyl halides is 3. The van der Waals surface area contributed by atoms with Crippen LogP contribution in [0.15, 0.2) is 54.7 Å². The molecule has 2 aliphatic heterocycles. The highest BCUT2D eigenvalue weighted by Crippen LogP contribution is 2.50. The van der Waals surface area contributed by atoms with E-state index in [1.54, 1.807) is 57.3 Å². The predicted molar refractivity (Wildman–Crippen MR) is 240 cm³/mol. The Morgan fingerprint density at radius 2 is 1.76 bits per heavy atom. The second-order valence-corrected chi connectivity index (χ2v) is 21.3. The maximum atomic E-state index is 14.9. The summed E-state index contributed by atoms with van der Waals surface area (Å²) >= 11 is 0. The zero-order chi connectivity index (χ0) is 48.4. The number of unbranched alkanes of at least 4 members (excludes halogenated alkanes) is 3. The number of carbonyl (C=O) groups excluding carboxylic acids is 4. The monoisotopic (exact) mass is 956 g/mol. The van der Waals surface area contributed by atoms with Gasteiger partial charge in [0.1, 0.15) is 35.1 Å². The van der Waals surface area contributed by atoms with Crippen molar-refractivity contribution in [2.75, 3.05) is 26.3 Å². The van der Waals surface area contributed by atoms with E-state index in [-0.39, 0.29) is 49.9 Å². The number of alkyl carbamates (subject to hydrolysis) is 1. The molecule has 16 nitrogen and oxygen atoms in total. The first-order valence-corrected chi connectivity index (χ1v) is 24.3. The molecule has 1 saturated heterocycles. The second-order valence-electron chi connectivity index (χ2n) is 19.1. The Labute approximate surface area is 388 Å². The fourth-order valence-corrected chi connectivity index (χ4v) is 9.82. The van der Waals surface area contributed by atoms with E-state index < -0.39 is 91.5 Å². The van der Waals surface area contributed by atoms with Gasteiger partial charge in [-0.1, -0.05) is 38.0 Å². The lowest BCUT2D eigenvalue weighted by atomic mass is 9.87. The Kier molecular flexibility index (Phi) is 14.1. The Morgan fingerprint density at radius 3 is 2.45 bits per heavy atom. The molecule has 364 valence electrons. The van der Waals surface area contributed by atoms with Gasteiger partial charge in [0.05, 0.1) is 30.0 Å². The Hall–Kier alpha value is -5.66. The first kappa shape index (κ1) is 49.3. The van der Waals surface area contributed by atoms with E-state index in [2.05, 4.69) is 32.2 Å². The number of rotatable bonds is 18. The number of benzene rings is 1. The average molecular weight is 957 g/mol. The minimum absolute atomic E-state index is 0.0270. The molecule has 0 unspecified atom stereocenters. The molecule has 3 aromatic rings. The van der Waals surface area contributed by atoms with Gasteiger partial charge in [-0.05, 0) is 96.9 Å². The summed E-state index contributed by atoms with van der Waals surface area (Å²) in [4.78, 5) is 64.6. The number of nitrogens with zero attached hydrogens (tertiary/aromatic N) is 3. The Balaban J connectivity index is 1.16. The van der Waals surface area contributed by atoms with Crippen molar-refractivity contribution in [3.63, 3.8) is 0 Å². The molecule has 67 heavy (non-hydrogen) atoms. The van der Waals surface area contributed by atoms with Crippen molar-refractivity contribution in [2.45, 2.75) is 139 Å². The molecular formula is C47H59F3N6O10S. The summed E-state index contributed by atoms with van der Waals surface area (Å²) in [7, 11) is -4.12. The maximum absolute atomic E-state index is 14.9. The number of amides is 4. The summed E-state index contributed by atoms with van der Waals surface area (Å²) in [6, 6.07) is 8.44. The number of likely N-dealkylation sites (tertiary alicyclic amines) is 1. The molecule has 3 fully saturated rings. The minimum atomic E-state index is -4.97. The van der Waals surface area contributed by atoms with Gasteiger partial charge in [0, 0.05) is 42.0 Å². The largest absolute Gasteiger partial charge is 0.493 e. The van der Waals surface area contributed by atoms with Gasteiger partial charge in [0.25, 0.3) is 5.91 Å². The van der Waals surface area contributed by atoms with E-state index >= 15 is 0 Å². The zero-order valence-electron chi connectivity index (χ0n) is 38.4. The number of aryl methyl sites for hydroxylation is 1. The van der Waals surface area contributed by atoms with Crippen LogP contribution in [0, 0.1) is 5.92 Å². The number of ether oxygens (including phenoxy) is 4. The lowest BCUT2D eigenvalue weighted by Gasteiger charge is -2.37. The molecule has 4 heterocycles. The van der Waals surface area contributed by atoms with Crippen molar-refractivity contribution >= 4 is 44.7 Å². The Morgan fingerprint density at radius 1 is 1.00 bits per heavy atom. The van der Waals surface area contributed by atoms with Crippen LogP contribution in [0.4, 0.5) is 18.0 Å². The summed E-state index contributed by atoms with van der Waals surface area (Å²) < 4.78 is 95.7. The van der Waals surface area contributed by atoms with Gasteiger partial charge in [0.2, 0.25) is 27.7 Å². The number of halogens is 3. The van der Waals surface area contributed by atoms with Gasteiger partial charge in [-0.25, -0.2) is 23.2 Å². The van der Waals surface area contributed by atoms with Crippen LogP contribution in [-0.4, -0.2) is 101 Å². The minimum Gasteiger partial charge on any atom is -0.493 e. The van der Waals surface area contributed by atoms with Crippen molar-refractivity contribution in [3.8, 4) is 17.4 Å². The molecule has 20 heteroatoms. The van der Waals surface area contributed by atoms with E-state index in [4.69, 9.17) is 18.9 Å². The molecule has 3 N–H and O–H groups in total. The van der Waals surface area contributed by atoms with Gasteiger partial charge in [-0.3, -0.25) is 19.1 Å². The molecule has 2 aromatic heterocycles. The van der Waals surface area contributed by atoms with Gasteiger partial charge in [0.15, 0.2) is 11.4 Å². The number of nitrogens with one attached hydrogen (secondary N) is 3. The molecule has 4 amide bonds. The van der Waals surface area contributed by atoms with Crippen molar-refractivity contribution in [1.82, 2.24) is 30.2 Å². The van der Waals surface area contributed by atoms with E-state index in [1.165, 1.54) is 19.1 Å². The first-order chi connectivity index (χ1) is 31.6. The highest BCUT2D eigenvalue weighted by Gasteiger charge is 2.64. The van der Waals surface area contributed by atoms with Crippen LogP contribution in [0.1, 0.15) is 110 Å². The number of aromatic nitrogens is 2. The summed E-state index contributed by atoms with van der Waals surface area (Å²) in [5, 5.41) is 5.54. The van der Waals surface area contributed by atoms with Gasteiger partial charge >= 0.3 is 12.3 Å². The highest BCUT2D eigenvalue weighted by molar-refractivity contribution is 7.91. The molecule has 4 atom stereocenters. The topological polar surface area (TPSA) is 204 Å². The molecule has 0 radical (unpaired) electrons. The molecule has 7 rings (SSSR count). The van der Waals surface area contributed by atoms with Crippen LogP contribution in [0.5, 0.6) is 17.4 Å². The molecule has 4 aliphatic rings. The second kappa shape index (κ2) is 19.1. The van der Waals surface area contributed by atoms with Crippen molar-refractivity contribution in [1.29, 1.82) is 0 Å². The van der Waals surface area contributed by atoms with Gasteiger partial charge in [-0.2, -0.15) is 13.2 Å². The van der Waals surface area contributed by atoms with Crippen molar-refractivity contribution in [3.05, 3.63) is 66.0 Å². The summed E-state index contributed by atoms with van der Waals surface area (Å²) in [5.41, 5.74) is -5.16. The molecular weight excluding hydrogens is 898 g/mol. The molecule has 1 spiro atoms. The normalized spacial score (nSPS) is 23.0. The van der Waals surface area contributed by atoms with E-state index in [0.717, 1.165) is 24.2 Å². The summed E-state index contributed by atoms with van der Waals surface area (Å²) in [6.07, 6.45) is 4.00. The van der Waals surface area contributed by atoms with Gasteiger partial charge < -0.3 is 34.5 Å². The van der Waals surface area contributed by atoms with Gasteiger partial charge in [-0.15, -0.1) is 0 Å². The third kappa shape index (κ3) is 11.4. The smallest absolute Gasteiger partial charge is 0.437 e. The SMILES string of the molecule is CCCCC/C=C\[C@@H]1C[C@]1(NC(=O)[C@@H]1C[C@]2(CCc3c(c(C(F)(F)F)nc4ccc(OCCCOc5ccccn5)cc34)O2)CN1C(=O)CNC(=O)OC(C)(C)C)C(=O)NS(=O)(=O)C1(C)CC1. The number of hydrogen-bond donors (Lipinski definition) is 3. The highest BCUT2D eigenvalue weighted by atomic mass is 32.2. The number of carbonyl (C=O) groups is 4. The van der Waals surface area contributed by atoms with Crippen LogP contribution in [-0.2, 0) is 41.7 Å². The Bertz CT molecular complexity index is 2500. The van der Waals surface area contributed by atoms with Crippen molar-refractivity contribution < 1.29 is 59.7 Å². The number of pyridine rings is 2. The lowest BCUT2D eigenvalue weighted by Crippen LogP contribution is -2.57. The standard InChI is InChI=1S/C47H59F3N6O10S/c1-6-7-8-9-10-14-30-26-46(30,41(59)55-67(61,62)44(5)20-21-44)54-40(58)35-27-45(29-56(35)37(57)28-52-42(60)66-43(2,3)4)19-18-32-33-25-31(63-23-13-24-64-36-15-11-12-22-51-36)16-17-34(33)53-39(38(32)65-45)47(48,49)50/h10-12,14-17,22,25,30,35H,6-9,13,18-21,23-24,26-29H2,1-5H3,(H,52,60)(H,54,58)(H,55,59)/b14-10-/t30-,35+,45-,46-/m1/s1. The molecule has 1 aromatic carbocycles. The van der Waals surface area contributed by atoms with Crippen LogP contribution < -0.4 is 29.6 Å². The quantitative estimate of drug-likeness (QED) is 0.0901. The van der Waals surface area contributed by atoms with E-state index in [1.807, 2.05) is 6.08 Å². The molecule has 2 aliphatic carbocycles. The van der Waals surface area contributed by atoms with Crippen LogP contribution in [0.2, 0.25) is 0 Å². The third-order valence-corrected chi connectivity index (χ3v) is 14.8.